The summed E-state index contributed by atoms with van der Waals surface area (Å²) in [6.07, 6.45) is 3.70. The van der Waals surface area contributed by atoms with Gasteiger partial charge < -0.3 is 0 Å². The van der Waals surface area contributed by atoms with E-state index >= 15 is 0 Å². The van der Waals surface area contributed by atoms with Crippen LogP contribution in [0.15, 0.2) is 55.8 Å². The van der Waals surface area contributed by atoms with Crippen LogP contribution in [0.2, 0.25) is 0 Å². The highest BCUT2D eigenvalue weighted by molar-refractivity contribution is 5.73. The molecule has 1 aromatic carbocycles. The molecule has 17 heavy (non-hydrogen) atoms. The van der Waals surface area contributed by atoms with Gasteiger partial charge >= 0.3 is 0 Å². The number of hydrogen-bond acceptors (Lipinski definition) is 1. The third-order valence-corrected chi connectivity index (χ3v) is 2.65. The fourth-order valence-electron chi connectivity index (χ4n) is 1.78. The van der Waals surface area contributed by atoms with Gasteiger partial charge in [-0.2, -0.15) is 0 Å². The van der Waals surface area contributed by atoms with Crippen molar-refractivity contribution in [1.29, 1.82) is 0 Å². The molecule has 0 aliphatic carbocycles. The first-order valence-electron chi connectivity index (χ1n) is 5.56. The monoisotopic (exact) mass is 221 g/mol. The van der Waals surface area contributed by atoms with Crippen LogP contribution in [0.4, 0.5) is 0 Å². The van der Waals surface area contributed by atoms with Crippen LogP contribution in [-0.2, 0) is 0 Å². The largest absolute Gasteiger partial charge is 0.255 e. The Bertz CT molecular complexity index is 553. The molecule has 1 aromatic heterocycles. The molecule has 0 spiro atoms. The maximum Gasteiger partial charge on any atom is 0.0725 e. The maximum absolute atomic E-state index is 4.45. The third-order valence-electron chi connectivity index (χ3n) is 2.65. The molecule has 0 saturated heterocycles. The summed E-state index contributed by atoms with van der Waals surface area (Å²) in [6.45, 7) is 9.71. The van der Waals surface area contributed by atoms with Gasteiger partial charge in [0.1, 0.15) is 0 Å². The Morgan fingerprint density at radius 2 is 1.88 bits per heavy atom. The second-order valence-corrected chi connectivity index (χ2v) is 4.01. The van der Waals surface area contributed by atoms with Crippen molar-refractivity contribution >= 4 is 11.6 Å². The second-order valence-electron chi connectivity index (χ2n) is 4.01. The molecule has 1 heteroatoms. The van der Waals surface area contributed by atoms with Crippen molar-refractivity contribution in [3.63, 3.8) is 0 Å². The van der Waals surface area contributed by atoms with E-state index in [1.165, 1.54) is 0 Å². The maximum atomic E-state index is 4.45. The molecule has 84 valence electrons. The van der Waals surface area contributed by atoms with E-state index in [2.05, 4.69) is 36.3 Å². The van der Waals surface area contributed by atoms with Gasteiger partial charge in [-0.15, -0.1) is 0 Å². The zero-order valence-electron chi connectivity index (χ0n) is 9.98. The Kier molecular flexibility index (Phi) is 3.20. The Balaban J connectivity index is 2.53. The van der Waals surface area contributed by atoms with Crippen LogP contribution in [0, 0.1) is 0 Å². The van der Waals surface area contributed by atoms with Crippen molar-refractivity contribution in [3.8, 4) is 11.1 Å². The van der Waals surface area contributed by atoms with Crippen molar-refractivity contribution in [2.75, 3.05) is 0 Å². The third kappa shape index (κ3) is 2.34. The van der Waals surface area contributed by atoms with Crippen LogP contribution in [0.25, 0.3) is 22.8 Å². The summed E-state index contributed by atoms with van der Waals surface area (Å²) in [5.74, 6) is 0. The van der Waals surface area contributed by atoms with Crippen LogP contribution in [-0.4, -0.2) is 4.98 Å². The first kappa shape index (κ1) is 11.3. The first-order valence-corrected chi connectivity index (χ1v) is 5.56. The molecule has 0 N–H and O–H groups in total. The number of nitrogens with zero attached hydrogens (tertiary/aromatic N) is 1. The van der Waals surface area contributed by atoms with E-state index in [9.17, 15) is 0 Å². The molecule has 0 radical (unpaired) electrons. The Hall–Kier alpha value is -2.15. The van der Waals surface area contributed by atoms with Crippen LogP contribution in [0.3, 0.4) is 0 Å². The van der Waals surface area contributed by atoms with Crippen molar-refractivity contribution in [2.45, 2.75) is 6.92 Å². The fourth-order valence-corrected chi connectivity index (χ4v) is 1.78. The average molecular weight is 221 g/mol. The summed E-state index contributed by atoms with van der Waals surface area (Å²) >= 11 is 0. The number of aromatic nitrogens is 1. The van der Waals surface area contributed by atoms with Gasteiger partial charge in [-0.3, -0.25) is 4.98 Å². The van der Waals surface area contributed by atoms with E-state index < -0.39 is 0 Å². The quantitative estimate of drug-likeness (QED) is 0.747. The van der Waals surface area contributed by atoms with Gasteiger partial charge in [0, 0.05) is 17.3 Å². The highest BCUT2D eigenvalue weighted by Gasteiger charge is 2.04. The lowest BCUT2D eigenvalue weighted by Crippen LogP contribution is -1.91. The number of allylic oxidation sites excluding steroid dienone is 1. The minimum absolute atomic E-state index is 0.916. The van der Waals surface area contributed by atoms with Crippen molar-refractivity contribution < 1.29 is 0 Å². The molecule has 0 unspecified atom stereocenters. The summed E-state index contributed by atoms with van der Waals surface area (Å²) in [4.78, 5) is 4.45. The highest BCUT2D eigenvalue weighted by Crippen LogP contribution is 2.23. The molecule has 1 heterocycles. The number of hydrogen-bond donors (Lipinski definition) is 0. The van der Waals surface area contributed by atoms with Crippen molar-refractivity contribution in [2.24, 2.45) is 0 Å². The highest BCUT2D eigenvalue weighted by atomic mass is 14.7. The van der Waals surface area contributed by atoms with Crippen LogP contribution in [0.1, 0.15) is 18.2 Å². The Morgan fingerprint density at radius 3 is 2.47 bits per heavy atom. The van der Waals surface area contributed by atoms with E-state index in [0.29, 0.717) is 0 Å². The van der Waals surface area contributed by atoms with E-state index in [0.717, 1.165) is 28.0 Å². The summed E-state index contributed by atoms with van der Waals surface area (Å²) in [7, 11) is 0. The zero-order valence-corrected chi connectivity index (χ0v) is 9.98. The first-order chi connectivity index (χ1) is 8.22. The van der Waals surface area contributed by atoms with E-state index in [1.807, 2.05) is 37.4 Å². The molecular weight excluding hydrogens is 206 g/mol. The molecule has 2 rings (SSSR count). The Labute approximate surface area is 102 Å². The molecular formula is C16H15N. The zero-order chi connectivity index (χ0) is 12.3. The molecule has 0 amide bonds. The van der Waals surface area contributed by atoms with E-state index in [1.54, 1.807) is 0 Å². The molecule has 0 fully saturated rings. The Morgan fingerprint density at radius 1 is 1.18 bits per heavy atom. The average Bonchev–Trinajstić information content (AvgIpc) is 2.39. The van der Waals surface area contributed by atoms with Gasteiger partial charge in [0.05, 0.1) is 5.69 Å². The number of rotatable bonds is 3. The lowest BCUT2D eigenvalue weighted by Gasteiger charge is -2.07. The molecule has 2 aromatic rings. The van der Waals surface area contributed by atoms with Crippen LogP contribution >= 0.6 is 0 Å². The van der Waals surface area contributed by atoms with E-state index in [-0.39, 0.29) is 0 Å². The molecule has 1 nitrogen and oxygen atoms in total. The van der Waals surface area contributed by atoms with Gasteiger partial charge in [0.15, 0.2) is 0 Å². The minimum Gasteiger partial charge on any atom is -0.255 e. The molecule has 0 bridgehead atoms. The van der Waals surface area contributed by atoms with Gasteiger partial charge in [0.2, 0.25) is 0 Å². The summed E-state index contributed by atoms with van der Waals surface area (Å²) in [5.41, 5.74) is 5.17. The standard InChI is InChI=1S/C16H15N/c1-4-13-10-15(11-17-16(13)12(2)3)14-8-6-5-7-9-14/h4-11H,1-2H2,3H3. The fraction of sp³-hybridized carbons (Fsp3) is 0.0625. The van der Waals surface area contributed by atoms with E-state index in [4.69, 9.17) is 0 Å². The molecule has 0 saturated carbocycles. The normalized spacial score (nSPS) is 9.94. The lowest BCUT2D eigenvalue weighted by molar-refractivity contribution is 1.26. The molecule has 0 aliphatic heterocycles. The molecule has 0 atom stereocenters. The number of pyridine rings is 1. The van der Waals surface area contributed by atoms with Gasteiger partial charge in [0.25, 0.3) is 0 Å². The van der Waals surface area contributed by atoms with Crippen molar-refractivity contribution in [1.82, 2.24) is 4.98 Å². The van der Waals surface area contributed by atoms with Crippen LogP contribution in [0.5, 0.6) is 0 Å². The summed E-state index contributed by atoms with van der Waals surface area (Å²) < 4.78 is 0. The predicted octanol–water partition coefficient (Wildman–Crippen LogP) is 4.42. The predicted molar refractivity (Wildman–Crippen MR) is 74.5 cm³/mol. The second kappa shape index (κ2) is 4.79. The summed E-state index contributed by atoms with van der Waals surface area (Å²) in [6, 6.07) is 12.3. The minimum atomic E-state index is 0.916. The topological polar surface area (TPSA) is 12.9 Å². The van der Waals surface area contributed by atoms with Gasteiger partial charge in [-0.05, 0) is 24.1 Å². The van der Waals surface area contributed by atoms with Gasteiger partial charge in [-0.25, -0.2) is 0 Å². The molecule has 0 aliphatic rings. The smallest absolute Gasteiger partial charge is 0.0725 e. The number of benzene rings is 1. The van der Waals surface area contributed by atoms with Gasteiger partial charge in [-0.1, -0.05) is 49.6 Å². The van der Waals surface area contributed by atoms with Crippen molar-refractivity contribution in [3.05, 3.63) is 67.0 Å². The SMILES string of the molecule is C=Cc1cc(-c2ccccc2)cnc1C(=C)C. The van der Waals surface area contributed by atoms with Crippen LogP contribution < -0.4 is 0 Å². The summed E-state index contributed by atoms with van der Waals surface area (Å²) in [5, 5.41) is 0. The lowest BCUT2D eigenvalue weighted by atomic mass is 10.0.